The molecule has 1 saturated carbocycles. The van der Waals surface area contributed by atoms with Crippen LogP contribution in [0.25, 0.3) is 10.8 Å². The molecule has 2 N–H and O–H groups in total. The third kappa shape index (κ3) is 7.57. The molecular formula is C34H43N3O7S. The van der Waals surface area contributed by atoms with Crippen LogP contribution in [-0.2, 0) is 29.1 Å². The molecule has 242 valence electrons. The van der Waals surface area contributed by atoms with Gasteiger partial charge in [0.1, 0.15) is 11.6 Å². The molecule has 0 spiro atoms. The van der Waals surface area contributed by atoms with Crippen molar-refractivity contribution in [2.75, 3.05) is 6.54 Å². The van der Waals surface area contributed by atoms with Crippen molar-refractivity contribution in [1.29, 1.82) is 0 Å². The summed E-state index contributed by atoms with van der Waals surface area (Å²) in [6.45, 7) is 5.60. The molecule has 2 fully saturated rings. The minimum absolute atomic E-state index is 0.0294. The summed E-state index contributed by atoms with van der Waals surface area (Å²) in [6, 6.07) is 10.4. The topological polar surface area (TPSA) is 139 Å². The van der Waals surface area contributed by atoms with E-state index in [1.54, 1.807) is 32.9 Å². The highest BCUT2D eigenvalue weighted by atomic mass is 32.2. The van der Waals surface area contributed by atoms with Gasteiger partial charge in [0.05, 0.1) is 16.4 Å². The Kier molecular flexibility index (Phi) is 9.39. The van der Waals surface area contributed by atoms with Gasteiger partial charge >= 0.3 is 6.09 Å². The summed E-state index contributed by atoms with van der Waals surface area (Å²) in [5, 5.41) is 4.34. The van der Waals surface area contributed by atoms with Crippen LogP contribution in [0.15, 0.2) is 59.5 Å². The summed E-state index contributed by atoms with van der Waals surface area (Å²) >= 11 is 0. The second-order valence-corrected chi connectivity index (χ2v) is 15.2. The molecule has 5 rings (SSSR count). The van der Waals surface area contributed by atoms with Gasteiger partial charge in [0.15, 0.2) is 5.78 Å². The number of hydrogen-bond acceptors (Lipinski definition) is 7. The summed E-state index contributed by atoms with van der Waals surface area (Å²) in [5.74, 6) is -1.61. The predicted molar refractivity (Wildman–Crippen MR) is 170 cm³/mol. The Labute approximate surface area is 265 Å². The van der Waals surface area contributed by atoms with Crippen molar-refractivity contribution >= 4 is 44.5 Å². The van der Waals surface area contributed by atoms with Crippen molar-refractivity contribution in [3.8, 4) is 0 Å². The molecular weight excluding hydrogens is 594 g/mol. The first kappa shape index (κ1) is 32.7. The van der Waals surface area contributed by atoms with Gasteiger partial charge in [0, 0.05) is 13.0 Å². The van der Waals surface area contributed by atoms with Gasteiger partial charge in [-0.1, -0.05) is 55.3 Å². The van der Waals surface area contributed by atoms with Crippen molar-refractivity contribution in [2.24, 2.45) is 11.3 Å². The fraction of sp³-hybridized carbons (Fsp3) is 0.529. The number of hydrogen-bond donors (Lipinski definition) is 2. The number of ether oxygens (including phenoxy) is 1. The number of ketones is 1. The third-order valence-electron chi connectivity index (χ3n) is 8.96. The monoisotopic (exact) mass is 637 g/mol. The second kappa shape index (κ2) is 12.9. The van der Waals surface area contributed by atoms with E-state index in [0.29, 0.717) is 38.6 Å². The SMILES string of the molecule is CC(C)(C)OC(=O)N[C@H]1CCCCC/C=C\[C@@H]2C[C@@]2(C(=O)NS(=O)(=O)c2ccc3ccccc3c2)CC(=O)[C@@H]2CCCN2C1=O. The van der Waals surface area contributed by atoms with E-state index in [9.17, 15) is 27.6 Å². The Balaban J connectivity index is 1.37. The van der Waals surface area contributed by atoms with Crippen LogP contribution >= 0.6 is 0 Å². The van der Waals surface area contributed by atoms with Crippen LogP contribution in [0.1, 0.15) is 78.6 Å². The van der Waals surface area contributed by atoms with Crippen LogP contribution in [0.3, 0.4) is 0 Å². The quantitative estimate of drug-likeness (QED) is 0.449. The number of nitrogens with zero attached hydrogens (tertiary/aromatic N) is 1. The van der Waals surface area contributed by atoms with E-state index >= 15 is 0 Å². The summed E-state index contributed by atoms with van der Waals surface area (Å²) in [4.78, 5) is 55.5. The molecule has 0 bridgehead atoms. The zero-order valence-corrected chi connectivity index (χ0v) is 27.0. The predicted octanol–water partition coefficient (Wildman–Crippen LogP) is 5.01. The fourth-order valence-corrected chi connectivity index (χ4v) is 7.59. The molecule has 2 aromatic rings. The van der Waals surface area contributed by atoms with Gasteiger partial charge in [0.2, 0.25) is 11.8 Å². The van der Waals surface area contributed by atoms with Gasteiger partial charge in [-0.15, -0.1) is 0 Å². The highest BCUT2D eigenvalue weighted by Crippen LogP contribution is 2.57. The van der Waals surface area contributed by atoms with Gasteiger partial charge in [-0.2, -0.15) is 0 Å². The maximum Gasteiger partial charge on any atom is 0.408 e. The lowest BCUT2D eigenvalue weighted by atomic mass is 9.91. The molecule has 1 aliphatic carbocycles. The van der Waals surface area contributed by atoms with Crippen LogP contribution in [0, 0.1) is 11.3 Å². The highest BCUT2D eigenvalue weighted by molar-refractivity contribution is 7.90. The van der Waals surface area contributed by atoms with Gasteiger partial charge in [-0.25, -0.2) is 17.9 Å². The molecule has 2 aliphatic heterocycles. The molecule has 2 heterocycles. The fourth-order valence-electron chi connectivity index (χ4n) is 6.50. The number of alkyl carbamates (subject to hydrolysis) is 1. The number of rotatable bonds is 4. The molecule has 3 amide bonds. The molecule has 45 heavy (non-hydrogen) atoms. The minimum Gasteiger partial charge on any atom is -0.444 e. The summed E-state index contributed by atoms with van der Waals surface area (Å²) in [6.07, 6.45) is 7.98. The number of allylic oxidation sites excluding steroid dienone is 2. The number of carbonyl (C=O) groups is 4. The Bertz CT molecular complexity index is 1610. The lowest BCUT2D eigenvalue weighted by Gasteiger charge is -2.30. The van der Waals surface area contributed by atoms with Crippen LogP contribution < -0.4 is 10.0 Å². The van der Waals surface area contributed by atoms with E-state index in [4.69, 9.17) is 4.74 Å². The van der Waals surface area contributed by atoms with Gasteiger partial charge in [-0.05, 0) is 88.1 Å². The highest BCUT2D eigenvalue weighted by Gasteiger charge is 2.61. The molecule has 0 unspecified atom stereocenters. The van der Waals surface area contributed by atoms with E-state index in [1.165, 1.54) is 17.0 Å². The Morgan fingerprint density at radius 1 is 0.978 bits per heavy atom. The lowest BCUT2D eigenvalue weighted by molar-refractivity contribution is -0.140. The molecule has 2 aromatic carbocycles. The lowest BCUT2D eigenvalue weighted by Crippen LogP contribution is -2.52. The first-order chi connectivity index (χ1) is 21.3. The van der Waals surface area contributed by atoms with E-state index in [2.05, 4.69) is 10.0 Å². The summed E-state index contributed by atoms with van der Waals surface area (Å²) in [7, 11) is -4.20. The summed E-state index contributed by atoms with van der Waals surface area (Å²) < 4.78 is 34.4. The van der Waals surface area contributed by atoms with Gasteiger partial charge in [-0.3, -0.25) is 14.4 Å². The number of sulfonamides is 1. The maximum absolute atomic E-state index is 13.9. The van der Waals surface area contributed by atoms with Crippen molar-refractivity contribution in [3.05, 3.63) is 54.6 Å². The van der Waals surface area contributed by atoms with Crippen LogP contribution in [0.5, 0.6) is 0 Å². The number of nitrogens with one attached hydrogen (secondary N) is 2. The molecule has 1 saturated heterocycles. The van der Waals surface area contributed by atoms with Gasteiger partial charge in [0.25, 0.3) is 10.0 Å². The Morgan fingerprint density at radius 3 is 2.49 bits per heavy atom. The molecule has 4 atom stereocenters. The van der Waals surface area contributed by atoms with Crippen LogP contribution in [0.2, 0.25) is 0 Å². The number of fused-ring (bicyclic) bond motifs is 3. The van der Waals surface area contributed by atoms with Crippen LogP contribution in [-0.4, -0.2) is 61.2 Å². The largest absolute Gasteiger partial charge is 0.444 e. The van der Waals surface area contributed by atoms with Crippen molar-refractivity contribution < 1.29 is 32.3 Å². The molecule has 0 aromatic heterocycles. The third-order valence-corrected chi connectivity index (χ3v) is 10.3. The van der Waals surface area contributed by atoms with Crippen molar-refractivity contribution in [1.82, 2.24) is 14.9 Å². The Hall–Kier alpha value is -3.73. The van der Waals surface area contributed by atoms with Crippen molar-refractivity contribution in [2.45, 2.75) is 101 Å². The minimum atomic E-state index is -4.20. The van der Waals surface area contributed by atoms with Gasteiger partial charge < -0.3 is 15.0 Å². The zero-order chi connectivity index (χ0) is 32.4. The molecule has 10 nitrogen and oxygen atoms in total. The smallest absolute Gasteiger partial charge is 0.408 e. The number of carbonyl (C=O) groups excluding carboxylic acids is 4. The number of amides is 3. The van der Waals surface area contributed by atoms with E-state index in [-0.39, 0.29) is 28.9 Å². The number of Topliss-reactive ketones (excluding diaryl/α,β-unsaturated/α-hetero) is 1. The van der Waals surface area contributed by atoms with E-state index < -0.39 is 45.1 Å². The normalized spacial score (nSPS) is 27.0. The summed E-state index contributed by atoms with van der Waals surface area (Å²) in [5.41, 5.74) is -1.95. The Morgan fingerprint density at radius 2 is 1.73 bits per heavy atom. The molecule has 0 radical (unpaired) electrons. The van der Waals surface area contributed by atoms with Crippen LogP contribution in [0.4, 0.5) is 4.79 Å². The zero-order valence-electron chi connectivity index (χ0n) is 26.2. The second-order valence-electron chi connectivity index (χ2n) is 13.5. The number of benzene rings is 2. The standard InChI is InChI=1S/C34H43N3O7S/c1-33(2,3)44-32(41)35-27-15-8-6-4-5-7-14-25-21-34(25,22-29(38)28-16-11-19-37(28)30(27)39)31(40)36-45(42,43)26-18-17-23-12-9-10-13-24(23)20-26/h7,9-10,12-14,17-18,20,25,27-28H,4-6,8,11,15-16,19,21-22H2,1-3H3,(H,35,41)(H,36,40)/b14-7-/t25-,27+,28+,34-/m1/s1. The first-order valence-electron chi connectivity index (χ1n) is 15.8. The van der Waals surface area contributed by atoms with Crippen molar-refractivity contribution in [3.63, 3.8) is 0 Å². The molecule has 11 heteroatoms. The van der Waals surface area contributed by atoms with E-state index in [1.807, 2.05) is 30.4 Å². The first-order valence-corrected chi connectivity index (χ1v) is 17.3. The average Bonchev–Trinajstić information content (AvgIpc) is 3.43. The maximum atomic E-state index is 13.9. The molecule has 3 aliphatic rings. The van der Waals surface area contributed by atoms with E-state index in [0.717, 1.165) is 30.0 Å². The average molecular weight is 638 g/mol.